The van der Waals surface area contributed by atoms with Gasteiger partial charge in [-0.15, -0.1) is 0 Å². The zero-order valence-corrected chi connectivity index (χ0v) is 16.9. The molecular weight excluding hydrogens is 420 g/mol. The van der Waals surface area contributed by atoms with Crippen molar-refractivity contribution in [2.24, 2.45) is 0 Å². The number of non-ortho nitro benzene ring substituents is 1. The molecule has 11 nitrogen and oxygen atoms in total. The maximum absolute atomic E-state index is 10.4. The van der Waals surface area contributed by atoms with E-state index in [0.717, 1.165) is 5.69 Å². The van der Waals surface area contributed by atoms with Crippen molar-refractivity contribution in [1.82, 2.24) is 4.98 Å². The highest BCUT2D eigenvalue weighted by Gasteiger charge is 2.30. The molecule has 32 heavy (non-hydrogen) atoms. The van der Waals surface area contributed by atoms with Gasteiger partial charge in [0.25, 0.3) is 11.4 Å². The van der Waals surface area contributed by atoms with E-state index in [-0.39, 0.29) is 0 Å². The highest BCUT2D eigenvalue weighted by Crippen LogP contribution is 2.39. The summed E-state index contributed by atoms with van der Waals surface area (Å²) in [6, 6.07) is 13.9. The van der Waals surface area contributed by atoms with E-state index in [0.29, 0.717) is 12.1 Å². The number of aryl methyl sites for hydroxylation is 2. The van der Waals surface area contributed by atoms with E-state index < -0.39 is 37.6 Å². The number of phenolic OH excluding ortho intramolecular Hbond substituents is 1. The quantitative estimate of drug-likeness (QED) is 0.263. The smallest absolute Gasteiger partial charge is 0.324 e. The number of pyridine rings is 1. The van der Waals surface area contributed by atoms with Gasteiger partial charge < -0.3 is 5.11 Å². The van der Waals surface area contributed by atoms with Gasteiger partial charge in [0.05, 0.1) is 26.9 Å². The fraction of sp³-hybridized carbons (Fsp3) is 0.0952. The maximum atomic E-state index is 10.4. The predicted molar refractivity (Wildman–Crippen MR) is 117 cm³/mol. The van der Waals surface area contributed by atoms with Crippen LogP contribution in [0.15, 0.2) is 54.7 Å². The van der Waals surface area contributed by atoms with Crippen LogP contribution in [-0.2, 0) is 0 Å². The number of hydrogen-bond acceptors (Lipinski definition) is 8. The van der Waals surface area contributed by atoms with Crippen LogP contribution in [0.5, 0.6) is 5.75 Å². The Labute approximate surface area is 180 Å². The molecule has 1 N–H and O–H groups in total. The molecule has 162 valence electrons. The first kappa shape index (κ1) is 22.0. The molecule has 0 bridgehead atoms. The number of phenols is 1. The van der Waals surface area contributed by atoms with Gasteiger partial charge in [0.2, 0.25) is 0 Å². The molecule has 0 unspecified atom stereocenters. The van der Waals surface area contributed by atoms with Crippen molar-refractivity contribution in [3.8, 4) is 5.75 Å². The normalized spacial score (nSPS) is 10.4. The van der Waals surface area contributed by atoms with Gasteiger partial charge >= 0.3 is 11.4 Å². The Morgan fingerprint density at radius 1 is 0.781 bits per heavy atom. The summed E-state index contributed by atoms with van der Waals surface area (Å²) in [5.74, 6) is -1.21. The lowest BCUT2D eigenvalue weighted by atomic mass is 10.0. The summed E-state index contributed by atoms with van der Waals surface area (Å²) in [6.07, 6.45) is 1.95. The summed E-state index contributed by atoms with van der Waals surface area (Å²) in [7, 11) is 0. The Kier molecular flexibility index (Phi) is 5.92. The fourth-order valence-electron chi connectivity index (χ4n) is 3.16. The van der Waals surface area contributed by atoms with Gasteiger partial charge in [-0.25, -0.2) is 0 Å². The molecule has 0 radical (unpaired) electrons. The minimum atomic E-state index is -1.21. The third-order valence-corrected chi connectivity index (χ3v) is 4.73. The Morgan fingerprint density at radius 2 is 1.41 bits per heavy atom. The SMILES string of the molecule is Cc1cc2cc3c(C)cccc3cc2cn1.O=[N+]([O-])c1cc([N+](=O)[O-])c(O)c([N+](=O)[O-])c1. The van der Waals surface area contributed by atoms with Crippen LogP contribution in [0, 0.1) is 44.2 Å². The zero-order valence-electron chi connectivity index (χ0n) is 16.9. The second-order valence-corrected chi connectivity index (χ2v) is 6.93. The molecule has 1 aromatic heterocycles. The maximum Gasteiger partial charge on any atom is 0.324 e. The molecule has 11 heteroatoms. The number of aromatic hydroxyl groups is 1. The van der Waals surface area contributed by atoms with Crippen molar-refractivity contribution >= 4 is 38.6 Å². The van der Waals surface area contributed by atoms with Gasteiger partial charge in [-0.05, 0) is 53.8 Å². The molecule has 0 aliphatic carbocycles. The Hall–Kier alpha value is -4.67. The van der Waals surface area contributed by atoms with E-state index in [2.05, 4.69) is 48.3 Å². The summed E-state index contributed by atoms with van der Waals surface area (Å²) < 4.78 is 0. The van der Waals surface area contributed by atoms with Crippen LogP contribution in [0.25, 0.3) is 21.5 Å². The molecule has 0 amide bonds. The van der Waals surface area contributed by atoms with Gasteiger partial charge in [0.15, 0.2) is 0 Å². The summed E-state index contributed by atoms with van der Waals surface area (Å²) in [5.41, 5.74) is -0.604. The molecule has 4 aromatic rings. The summed E-state index contributed by atoms with van der Waals surface area (Å²) in [5, 5.41) is 45.3. The minimum Gasteiger partial charge on any atom is -0.497 e. The Bertz CT molecular complexity index is 1370. The topological polar surface area (TPSA) is 163 Å². The summed E-state index contributed by atoms with van der Waals surface area (Å²) in [4.78, 5) is 32.1. The second kappa shape index (κ2) is 8.60. The molecular formula is C21H16N4O7. The van der Waals surface area contributed by atoms with Crippen molar-refractivity contribution in [2.75, 3.05) is 0 Å². The number of rotatable bonds is 3. The van der Waals surface area contributed by atoms with E-state index in [1.807, 2.05) is 13.1 Å². The monoisotopic (exact) mass is 436 g/mol. The summed E-state index contributed by atoms with van der Waals surface area (Å²) in [6.45, 7) is 4.18. The third kappa shape index (κ3) is 4.41. The van der Waals surface area contributed by atoms with Gasteiger partial charge in [-0.1, -0.05) is 18.2 Å². The first-order chi connectivity index (χ1) is 15.1. The van der Waals surface area contributed by atoms with Crippen LogP contribution in [0.1, 0.15) is 11.3 Å². The first-order valence-corrected chi connectivity index (χ1v) is 9.14. The number of nitro benzene ring substituents is 3. The largest absolute Gasteiger partial charge is 0.497 e. The fourth-order valence-corrected chi connectivity index (χ4v) is 3.16. The van der Waals surface area contributed by atoms with Crippen molar-refractivity contribution < 1.29 is 19.9 Å². The molecule has 0 fully saturated rings. The van der Waals surface area contributed by atoms with E-state index >= 15 is 0 Å². The van der Waals surface area contributed by atoms with Crippen LogP contribution in [0.3, 0.4) is 0 Å². The van der Waals surface area contributed by atoms with E-state index in [1.165, 1.54) is 27.1 Å². The molecule has 0 atom stereocenters. The van der Waals surface area contributed by atoms with Gasteiger partial charge in [-0.2, -0.15) is 0 Å². The number of aromatic nitrogens is 1. The third-order valence-electron chi connectivity index (χ3n) is 4.73. The van der Waals surface area contributed by atoms with Crippen molar-refractivity contribution in [3.05, 3.63) is 96.3 Å². The van der Waals surface area contributed by atoms with Crippen LogP contribution in [0.2, 0.25) is 0 Å². The van der Waals surface area contributed by atoms with E-state index in [1.54, 1.807) is 0 Å². The molecule has 0 aliphatic rings. The minimum absolute atomic E-state index is 0.447. The predicted octanol–water partition coefficient (Wildman–Crippen LogP) is 5.12. The standard InChI is InChI=1S/C15H13N.C6H3N3O7/c1-10-4-3-5-12-7-14-9-16-11(2)6-13(14)8-15(10)12;10-6-4(8(13)14)1-3(7(11)12)2-5(6)9(15)16/h3-9H,1-2H3;1-2,10H. The van der Waals surface area contributed by atoms with Gasteiger partial charge in [-0.3, -0.25) is 35.3 Å². The van der Waals surface area contributed by atoms with Crippen molar-refractivity contribution in [1.29, 1.82) is 0 Å². The lowest BCUT2D eigenvalue weighted by Crippen LogP contribution is -1.97. The average Bonchev–Trinajstić information content (AvgIpc) is 2.73. The highest BCUT2D eigenvalue weighted by molar-refractivity contribution is 5.99. The van der Waals surface area contributed by atoms with Gasteiger partial charge in [0.1, 0.15) is 0 Å². The van der Waals surface area contributed by atoms with Crippen LogP contribution < -0.4 is 0 Å². The highest BCUT2D eigenvalue weighted by atomic mass is 16.6. The lowest BCUT2D eigenvalue weighted by Gasteiger charge is -2.05. The average molecular weight is 436 g/mol. The number of benzene rings is 3. The van der Waals surface area contributed by atoms with Crippen LogP contribution in [-0.4, -0.2) is 24.9 Å². The molecule has 0 saturated carbocycles. The van der Waals surface area contributed by atoms with Crippen LogP contribution >= 0.6 is 0 Å². The molecule has 0 aliphatic heterocycles. The van der Waals surface area contributed by atoms with E-state index in [4.69, 9.17) is 5.11 Å². The number of hydrogen-bond donors (Lipinski definition) is 1. The number of nitro groups is 3. The van der Waals surface area contributed by atoms with Crippen LogP contribution in [0.4, 0.5) is 17.1 Å². The Morgan fingerprint density at radius 3 is 1.97 bits per heavy atom. The number of nitrogens with zero attached hydrogens (tertiary/aromatic N) is 4. The Balaban J connectivity index is 0.000000181. The molecule has 1 heterocycles. The number of fused-ring (bicyclic) bond motifs is 2. The van der Waals surface area contributed by atoms with Crippen molar-refractivity contribution in [3.63, 3.8) is 0 Å². The molecule has 3 aromatic carbocycles. The molecule has 0 spiro atoms. The second-order valence-electron chi connectivity index (χ2n) is 6.93. The molecule has 0 saturated heterocycles. The van der Waals surface area contributed by atoms with E-state index in [9.17, 15) is 30.3 Å². The molecule has 4 rings (SSSR count). The lowest BCUT2D eigenvalue weighted by molar-refractivity contribution is -0.404. The van der Waals surface area contributed by atoms with Crippen molar-refractivity contribution in [2.45, 2.75) is 13.8 Å². The van der Waals surface area contributed by atoms with Gasteiger partial charge in [0, 0.05) is 17.3 Å². The summed E-state index contributed by atoms with van der Waals surface area (Å²) >= 11 is 0. The zero-order chi connectivity index (χ0) is 23.6. The first-order valence-electron chi connectivity index (χ1n) is 9.14.